The first-order valence-electron chi connectivity index (χ1n) is 7.86. The van der Waals surface area contributed by atoms with Crippen LogP contribution in [-0.2, 0) is 0 Å². The molecule has 3 N–H and O–H groups in total. The minimum atomic E-state index is -0.952. The Morgan fingerprint density at radius 2 is 1.93 bits per heavy atom. The maximum Gasteiger partial charge on any atom is 0.244 e. The van der Waals surface area contributed by atoms with E-state index in [1.807, 2.05) is 30.3 Å². The van der Waals surface area contributed by atoms with E-state index in [4.69, 9.17) is 10.5 Å². The molecular formula is C19H11BrF2N4O. The van der Waals surface area contributed by atoms with Crippen molar-refractivity contribution in [1.29, 1.82) is 5.26 Å². The van der Waals surface area contributed by atoms with Crippen molar-refractivity contribution < 1.29 is 13.5 Å². The Morgan fingerprint density at radius 1 is 1.19 bits per heavy atom. The number of fused-ring (bicyclic) bond motifs is 1. The van der Waals surface area contributed by atoms with Crippen LogP contribution in [0.2, 0.25) is 0 Å². The number of aromatic nitrogens is 2. The van der Waals surface area contributed by atoms with E-state index in [0.717, 1.165) is 28.2 Å². The molecule has 0 fully saturated rings. The van der Waals surface area contributed by atoms with Crippen LogP contribution in [0.3, 0.4) is 0 Å². The average molecular weight is 429 g/mol. The zero-order valence-corrected chi connectivity index (χ0v) is 15.2. The molecule has 1 aromatic heterocycles. The van der Waals surface area contributed by atoms with Gasteiger partial charge in [0.1, 0.15) is 23.3 Å². The average Bonchev–Trinajstić information content (AvgIpc) is 3.06. The highest BCUT2D eigenvalue weighted by Gasteiger charge is 2.37. The molecule has 3 aromatic rings. The number of hydrogen-bond donors (Lipinski definition) is 2. The van der Waals surface area contributed by atoms with E-state index in [2.05, 4.69) is 26.1 Å². The van der Waals surface area contributed by atoms with Crippen molar-refractivity contribution in [1.82, 2.24) is 10.2 Å². The van der Waals surface area contributed by atoms with Gasteiger partial charge in [-0.15, -0.1) is 5.10 Å². The van der Waals surface area contributed by atoms with Gasteiger partial charge in [-0.1, -0.05) is 28.1 Å². The summed E-state index contributed by atoms with van der Waals surface area (Å²) in [5.41, 5.74) is 7.53. The fourth-order valence-corrected chi connectivity index (χ4v) is 3.39. The molecule has 0 radical (unpaired) electrons. The van der Waals surface area contributed by atoms with Crippen LogP contribution in [0.4, 0.5) is 8.78 Å². The van der Waals surface area contributed by atoms with Crippen molar-refractivity contribution in [3.63, 3.8) is 0 Å². The maximum absolute atomic E-state index is 14.6. The molecule has 1 aliphatic heterocycles. The number of benzene rings is 2. The largest absolute Gasteiger partial charge is 0.420 e. The summed E-state index contributed by atoms with van der Waals surface area (Å²) in [6.07, 6.45) is 0. The Balaban J connectivity index is 1.98. The van der Waals surface area contributed by atoms with E-state index in [-0.39, 0.29) is 22.9 Å². The van der Waals surface area contributed by atoms with E-state index >= 15 is 0 Å². The maximum atomic E-state index is 14.6. The van der Waals surface area contributed by atoms with Crippen LogP contribution in [0.25, 0.3) is 11.3 Å². The Labute approximate surface area is 161 Å². The first-order valence-corrected chi connectivity index (χ1v) is 8.65. The first kappa shape index (κ1) is 17.2. The zero-order valence-electron chi connectivity index (χ0n) is 13.6. The number of aromatic amines is 1. The number of H-pyrrole nitrogens is 1. The summed E-state index contributed by atoms with van der Waals surface area (Å²) in [7, 11) is 0. The lowest BCUT2D eigenvalue weighted by Gasteiger charge is -2.24. The molecule has 8 heteroatoms. The monoisotopic (exact) mass is 428 g/mol. The summed E-state index contributed by atoms with van der Waals surface area (Å²) < 4.78 is 34.7. The van der Waals surface area contributed by atoms with Gasteiger partial charge in [0.2, 0.25) is 11.8 Å². The molecule has 0 bridgehead atoms. The van der Waals surface area contributed by atoms with Gasteiger partial charge in [0.05, 0.1) is 17.2 Å². The first-order chi connectivity index (χ1) is 13.0. The van der Waals surface area contributed by atoms with Crippen LogP contribution < -0.4 is 10.5 Å². The number of hydrogen-bond acceptors (Lipinski definition) is 4. The Hall–Kier alpha value is -3.18. The van der Waals surface area contributed by atoms with Crippen molar-refractivity contribution >= 4 is 15.9 Å². The molecular weight excluding hydrogens is 418 g/mol. The van der Waals surface area contributed by atoms with Crippen LogP contribution in [0.15, 0.2) is 58.4 Å². The van der Waals surface area contributed by atoms with Crippen LogP contribution in [0.1, 0.15) is 17.0 Å². The highest BCUT2D eigenvalue weighted by Crippen LogP contribution is 2.46. The lowest BCUT2D eigenvalue weighted by atomic mass is 9.82. The van der Waals surface area contributed by atoms with Crippen molar-refractivity contribution in [2.45, 2.75) is 5.92 Å². The Morgan fingerprint density at radius 3 is 2.63 bits per heavy atom. The SMILES string of the molecule is N#CC1=C(N)Oc2n[nH]c(-c3ccc(Br)cc3)c2[C@@H]1c1cc(F)ccc1F. The molecule has 0 aliphatic carbocycles. The van der Waals surface area contributed by atoms with Crippen LogP contribution in [-0.4, -0.2) is 10.2 Å². The molecule has 1 aliphatic rings. The smallest absolute Gasteiger partial charge is 0.244 e. The van der Waals surface area contributed by atoms with Crippen molar-refractivity contribution in [2.24, 2.45) is 5.73 Å². The van der Waals surface area contributed by atoms with Gasteiger partial charge in [0.15, 0.2) is 0 Å². The van der Waals surface area contributed by atoms with Gasteiger partial charge in [-0.05, 0) is 30.3 Å². The predicted octanol–water partition coefficient (Wildman–Crippen LogP) is 4.34. The molecule has 4 rings (SSSR count). The van der Waals surface area contributed by atoms with Crippen LogP contribution in [0, 0.1) is 23.0 Å². The summed E-state index contributed by atoms with van der Waals surface area (Å²) in [6.45, 7) is 0. The van der Waals surface area contributed by atoms with Crippen LogP contribution >= 0.6 is 15.9 Å². The zero-order chi connectivity index (χ0) is 19.1. The summed E-state index contributed by atoms with van der Waals surface area (Å²) in [5, 5.41) is 16.6. The normalized spacial score (nSPS) is 15.9. The van der Waals surface area contributed by atoms with Gasteiger partial charge in [0, 0.05) is 15.6 Å². The minimum absolute atomic E-state index is 0.00763. The fourth-order valence-electron chi connectivity index (χ4n) is 3.13. The molecule has 5 nitrogen and oxygen atoms in total. The Bertz CT molecular complexity index is 1120. The topological polar surface area (TPSA) is 87.7 Å². The molecule has 27 heavy (non-hydrogen) atoms. The molecule has 2 heterocycles. The number of nitrogens with zero attached hydrogens (tertiary/aromatic N) is 2. The molecule has 0 spiro atoms. The van der Waals surface area contributed by atoms with E-state index < -0.39 is 17.6 Å². The number of ether oxygens (including phenoxy) is 1. The van der Waals surface area contributed by atoms with Gasteiger partial charge < -0.3 is 10.5 Å². The second-order valence-electron chi connectivity index (χ2n) is 5.91. The second kappa shape index (κ2) is 6.52. The molecule has 1 atom stereocenters. The summed E-state index contributed by atoms with van der Waals surface area (Å²) in [4.78, 5) is 0. The fraction of sp³-hybridized carbons (Fsp3) is 0.0526. The lowest BCUT2D eigenvalue weighted by Crippen LogP contribution is -2.21. The summed E-state index contributed by atoms with van der Waals surface area (Å²) in [5.74, 6) is -2.29. The minimum Gasteiger partial charge on any atom is -0.420 e. The third-order valence-corrected chi connectivity index (χ3v) is 4.87. The van der Waals surface area contributed by atoms with Gasteiger partial charge >= 0.3 is 0 Å². The highest BCUT2D eigenvalue weighted by molar-refractivity contribution is 9.10. The number of nitrogens with one attached hydrogen (secondary N) is 1. The number of allylic oxidation sites excluding steroid dienone is 1. The van der Waals surface area contributed by atoms with E-state index in [1.54, 1.807) is 0 Å². The van der Waals surface area contributed by atoms with E-state index in [1.165, 1.54) is 0 Å². The van der Waals surface area contributed by atoms with E-state index in [9.17, 15) is 14.0 Å². The van der Waals surface area contributed by atoms with Crippen molar-refractivity contribution in [3.05, 3.63) is 81.2 Å². The highest BCUT2D eigenvalue weighted by atomic mass is 79.9. The third kappa shape index (κ3) is 2.86. The Kier molecular flexibility index (Phi) is 4.16. The van der Waals surface area contributed by atoms with Crippen molar-refractivity contribution in [2.75, 3.05) is 0 Å². The predicted molar refractivity (Wildman–Crippen MR) is 97.4 cm³/mol. The van der Waals surface area contributed by atoms with Gasteiger partial charge in [-0.25, -0.2) is 8.78 Å². The lowest BCUT2D eigenvalue weighted by molar-refractivity contribution is 0.378. The molecule has 0 saturated heterocycles. The molecule has 2 aromatic carbocycles. The molecule has 134 valence electrons. The van der Waals surface area contributed by atoms with Crippen molar-refractivity contribution in [3.8, 4) is 23.2 Å². The second-order valence-corrected chi connectivity index (χ2v) is 6.83. The molecule has 0 amide bonds. The summed E-state index contributed by atoms with van der Waals surface area (Å²) >= 11 is 3.37. The quantitative estimate of drug-likeness (QED) is 0.635. The van der Waals surface area contributed by atoms with E-state index in [0.29, 0.717) is 11.3 Å². The molecule has 0 saturated carbocycles. The number of nitriles is 1. The van der Waals surface area contributed by atoms with Gasteiger partial charge in [-0.2, -0.15) is 5.26 Å². The third-order valence-electron chi connectivity index (χ3n) is 4.34. The number of rotatable bonds is 2. The van der Waals surface area contributed by atoms with Crippen LogP contribution in [0.5, 0.6) is 5.88 Å². The standard InChI is InChI=1S/C19H11BrF2N4O/c20-10-3-1-9(2-4-10)17-16-15(12-7-11(21)5-6-14(12)22)13(8-23)18(24)27-19(16)26-25-17/h1-7,15H,24H2,(H,25,26)/t15-/m1/s1. The van der Waals surface area contributed by atoms with Gasteiger partial charge in [0.25, 0.3) is 0 Å². The number of nitrogens with two attached hydrogens (primary N) is 1. The van der Waals surface area contributed by atoms with Gasteiger partial charge in [-0.3, -0.25) is 5.10 Å². The summed E-state index contributed by atoms with van der Waals surface area (Å²) in [6, 6.07) is 12.4. The molecule has 0 unspecified atom stereocenters. The number of halogens is 3.